The topological polar surface area (TPSA) is 32.3 Å². The maximum Gasteiger partial charge on any atom is 0.209 e. The zero-order chi connectivity index (χ0) is 9.23. The van der Waals surface area contributed by atoms with E-state index < -0.39 is 0 Å². The van der Waals surface area contributed by atoms with E-state index in [4.69, 9.17) is 0 Å². The van der Waals surface area contributed by atoms with Gasteiger partial charge in [0.05, 0.1) is 0 Å². The monoisotopic (exact) mass is 168 g/mol. The lowest BCUT2D eigenvalue weighted by molar-refractivity contribution is -0.117. The average Bonchev–Trinajstić information content (AvgIpc) is 2.11. The lowest BCUT2D eigenvalue weighted by atomic mass is 10.5. The summed E-state index contributed by atoms with van der Waals surface area (Å²) in [4.78, 5) is 12.0. The molecule has 0 aromatic carbocycles. The van der Waals surface area contributed by atoms with Crippen molar-refractivity contribution in [2.24, 2.45) is 0 Å². The van der Waals surface area contributed by atoms with E-state index in [1.807, 2.05) is 19.2 Å². The summed E-state index contributed by atoms with van der Waals surface area (Å²) in [6.07, 6.45) is 6.19. The molecule has 0 rings (SSSR count). The van der Waals surface area contributed by atoms with E-state index in [-0.39, 0.29) is 0 Å². The Balaban J connectivity index is 3.34. The fourth-order valence-electron chi connectivity index (χ4n) is 0.713. The summed E-state index contributed by atoms with van der Waals surface area (Å²) in [6, 6.07) is 0. The minimum absolute atomic E-state index is 0.738. The van der Waals surface area contributed by atoms with Gasteiger partial charge in [-0.1, -0.05) is 12.7 Å². The van der Waals surface area contributed by atoms with Crippen molar-refractivity contribution in [1.82, 2.24) is 10.2 Å². The number of hydrogen-bond donors (Lipinski definition) is 1. The van der Waals surface area contributed by atoms with E-state index in [2.05, 4.69) is 11.9 Å². The molecule has 68 valence electrons. The van der Waals surface area contributed by atoms with Gasteiger partial charge in [0.1, 0.15) is 0 Å². The summed E-state index contributed by atoms with van der Waals surface area (Å²) in [7, 11) is 0. The highest BCUT2D eigenvalue weighted by atomic mass is 16.1. The highest BCUT2D eigenvalue weighted by molar-refractivity contribution is 5.46. The van der Waals surface area contributed by atoms with Gasteiger partial charge < -0.3 is 10.2 Å². The Kier molecular flexibility index (Phi) is 7.03. The zero-order valence-electron chi connectivity index (χ0n) is 7.49. The number of allylic oxidation sites excluding steroid dienone is 2. The summed E-state index contributed by atoms with van der Waals surface area (Å²) in [6.45, 7) is 7.76. The summed E-state index contributed by atoms with van der Waals surface area (Å²) in [5, 5.41) is 3.03. The van der Waals surface area contributed by atoms with Crippen molar-refractivity contribution < 1.29 is 4.79 Å². The van der Waals surface area contributed by atoms with E-state index in [1.54, 1.807) is 11.0 Å². The molecule has 0 radical (unpaired) electrons. The van der Waals surface area contributed by atoms with Crippen LogP contribution in [0.2, 0.25) is 0 Å². The summed E-state index contributed by atoms with van der Waals surface area (Å²) in [5.41, 5.74) is 0. The van der Waals surface area contributed by atoms with Crippen LogP contribution in [0.5, 0.6) is 0 Å². The standard InChI is InChI=1S/C9H16N2O/c1-3-5-6-10-7-8-11(4-2)9-12/h3,5-6,9-10H,1,4,7-8H2,2H3/b6-5+. The first-order valence-electron chi connectivity index (χ1n) is 4.05. The minimum Gasteiger partial charge on any atom is -0.389 e. The smallest absolute Gasteiger partial charge is 0.209 e. The van der Waals surface area contributed by atoms with E-state index in [0.29, 0.717) is 0 Å². The first-order valence-corrected chi connectivity index (χ1v) is 4.05. The second kappa shape index (κ2) is 7.85. The van der Waals surface area contributed by atoms with Crippen molar-refractivity contribution in [2.45, 2.75) is 6.92 Å². The summed E-state index contributed by atoms with van der Waals surface area (Å²) >= 11 is 0. The number of rotatable bonds is 7. The first kappa shape index (κ1) is 10.8. The van der Waals surface area contributed by atoms with Crippen LogP contribution in [0.4, 0.5) is 0 Å². The van der Waals surface area contributed by atoms with Crippen molar-refractivity contribution in [2.75, 3.05) is 19.6 Å². The Bertz CT molecular complexity index is 155. The molecule has 0 fully saturated rings. The Morgan fingerprint density at radius 3 is 2.83 bits per heavy atom. The van der Waals surface area contributed by atoms with Gasteiger partial charge in [0.25, 0.3) is 0 Å². The fraction of sp³-hybridized carbons (Fsp3) is 0.444. The molecule has 0 spiro atoms. The van der Waals surface area contributed by atoms with Gasteiger partial charge in [0.15, 0.2) is 0 Å². The van der Waals surface area contributed by atoms with Crippen LogP contribution in [0.3, 0.4) is 0 Å². The lowest BCUT2D eigenvalue weighted by Gasteiger charge is -2.13. The SMILES string of the molecule is C=C/C=C/NCCN(C=O)CC. The van der Waals surface area contributed by atoms with Gasteiger partial charge in [-0.15, -0.1) is 0 Å². The quantitative estimate of drug-likeness (QED) is 0.346. The molecule has 0 saturated heterocycles. The van der Waals surface area contributed by atoms with E-state index >= 15 is 0 Å². The third kappa shape index (κ3) is 5.53. The number of hydrogen-bond acceptors (Lipinski definition) is 2. The van der Waals surface area contributed by atoms with Gasteiger partial charge in [0.2, 0.25) is 6.41 Å². The average molecular weight is 168 g/mol. The maximum atomic E-state index is 10.3. The first-order chi connectivity index (χ1) is 5.85. The molecule has 1 amide bonds. The number of nitrogens with one attached hydrogen (secondary N) is 1. The number of nitrogens with zero attached hydrogens (tertiary/aromatic N) is 1. The molecule has 3 heteroatoms. The molecule has 0 bridgehead atoms. The van der Waals surface area contributed by atoms with Gasteiger partial charge in [-0.3, -0.25) is 4.79 Å². The van der Waals surface area contributed by atoms with Crippen LogP contribution in [0.15, 0.2) is 24.9 Å². The predicted octanol–water partition coefficient (Wildman–Crippen LogP) is 0.754. The number of carbonyl (C=O) groups is 1. The van der Waals surface area contributed by atoms with Crippen LogP contribution < -0.4 is 5.32 Å². The van der Waals surface area contributed by atoms with Crippen molar-refractivity contribution in [3.8, 4) is 0 Å². The van der Waals surface area contributed by atoms with Crippen LogP contribution in [-0.4, -0.2) is 30.9 Å². The zero-order valence-corrected chi connectivity index (χ0v) is 7.49. The van der Waals surface area contributed by atoms with Gasteiger partial charge >= 0.3 is 0 Å². The Labute approximate surface area is 73.8 Å². The van der Waals surface area contributed by atoms with Crippen LogP contribution in [-0.2, 0) is 4.79 Å². The van der Waals surface area contributed by atoms with Gasteiger partial charge in [-0.25, -0.2) is 0 Å². The number of carbonyl (C=O) groups excluding carboxylic acids is 1. The highest BCUT2D eigenvalue weighted by Crippen LogP contribution is 1.79. The van der Waals surface area contributed by atoms with Gasteiger partial charge in [-0.2, -0.15) is 0 Å². The third-order valence-corrected chi connectivity index (χ3v) is 1.45. The molecule has 0 unspecified atom stereocenters. The van der Waals surface area contributed by atoms with Crippen LogP contribution in [0, 0.1) is 0 Å². The molecule has 3 nitrogen and oxygen atoms in total. The highest BCUT2D eigenvalue weighted by Gasteiger charge is 1.93. The van der Waals surface area contributed by atoms with E-state index in [1.165, 1.54) is 0 Å². The number of likely N-dealkylation sites (N-methyl/N-ethyl adjacent to an activating group) is 1. The largest absolute Gasteiger partial charge is 0.389 e. The van der Waals surface area contributed by atoms with Crippen LogP contribution >= 0.6 is 0 Å². The molecular formula is C9H16N2O. The second-order valence-corrected chi connectivity index (χ2v) is 2.28. The molecular weight excluding hydrogens is 152 g/mol. The minimum atomic E-state index is 0.738. The predicted molar refractivity (Wildman–Crippen MR) is 50.7 cm³/mol. The Morgan fingerprint density at radius 2 is 2.33 bits per heavy atom. The second-order valence-electron chi connectivity index (χ2n) is 2.28. The van der Waals surface area contributed by atoms with Crippen molar-refractivity contribution >= 4 is 6.41 Å². The molecule has 0 aromatic heterocycles. The molecule has 0 aromatic rings. The van der Waals surface area contributed by atoms with Crippen molar-refractivity contribution in [3.63, 3.8) is 0 Å². The molecule has 12 heavy (non-hydrogen) atoms. The Morgan fingerprint density at radius 1 is 1.58 bits per heavy atom. The van der Waals surface area contributed by atoms with Gasteiger partial charge in [0, 0.05) is 19.6 Å². The molecule has 0 atom stereocenters. The molecule has 1 N–H and O–H groups in total. The lowest BCUT2D eigenvalue weighted by Crippen LogP contribution is -2.29. The Hall–Kier alpha value is -1.25. The van der Waals surface area contributed by atoms with E-state index in [9.17, 15) is 4.79 Å². The van der Waals surface area contributed by atoms with Crippen LogP contribution in [0.25, 0.3) is 0 Å². The van der Waals surface area contributed by atoms with Crippen molar-refractivity contribution in [1.29, 1.82) is 0 Å². The molecule has 0 aliphatic carbocycles. The maximum absolute atomic E-state index is 10.3. The summed E-state index contributed by atoms with van der Waals surface area (Å²) < 4.78 is 0. The number of amides is 1. The normalized spacial score (nSPS) is 9.75. The molecule has 0 heterocycles. The summed E-state index contributed by atoms with van der Waals surface area (Å²) in [5.74, 6) is 0. The molecule has 0 aliphatic heterocycles. The van der Waals surface area contributed by atoms with Crippen LogP contribution in [0.1, 0.15) is 6.92 Å². The van der Waals surface area contributed by atoms with Gasteiger partial charge in [-0.05, 0) is 19.2 Å². The van der Waals surface area contributed by atoms with E-state index in [0.717, 1.165) is 26.0 Å². The molecule has 0 saturated carbocycles. The van der Waals surface area contributed by atoms with Crippen molar-refractivity contribution in [3.05, 3.63) is 24.9 Å². The third-order valence-electron chi connectivity index (χ3n) is 1.45. The molecule has 0 aliphatic rings. The fourth-order valence-corrected chi connectivity index (χ4v) is 0.713.